The van der Waals surface area contributed by atoms with Crippen molar-refractivity contribution >= 4 is 56.3 Å². The Morgan fingerprint density at radius 3 is 2.50 bits per heavy atom. The van der Waals surface area contributed by atoms with Crippen LogP contribution in [0.5, 0.6) is 0 Å². The number of pyridine rings is 1. The van der Waals surface area contributed by atoms with E-state index in [1.807, 2.05) is 0 Å². The Kier molecular flexibility index (Phi) is 4.29. The molecular weight excluding hydrogens is 345 g/mol. The topological polar surface area (TPSA) is 85.1 Å². The fourth-order valence-electron chi connectivity index (χ4n) is 1.41. The zero-order valence-corrected chi connectivity index (χ0v) is 12.9. The summed E-state index contributed by atoms with van der Waals surface area (Å²) in [5, 5.41) is 0.376. The molecule has 0 amide bonds. The average Bonchev–Trinajstić information content (AvgIpc) is 2.35. The van der Waals surface area contributed by atoms with Crippen LogP contribution in [0.4, 0.5) is 11.5 Å². The Morgan fingerprint density at radius 2 is 1.85 bits per heavy atom. The second-order valence-corrected chi connectivity index (χ2v) is 6.61. The van der Waals surface area contributed by atoms with E-state index in [0.29, 0.717) is 5.02 Å². The standard InChI is InChI=1S/C11H8Cl3N3O2S/c12-6-3-4-16-9(5-6)17-20(18,19)8-2-1-7(13)11(15)10(8)14/h1-5H,15H2,(H,16,17). The Hall–Kier alpha value is -1.21. The number of halogens is 3. The molecular formula is C11H8Cl3N3O2S. The molecule has 0 atom stereocenters. The van der Waals surface area contributed by atoms with Crippen LogP contribution in [0.25, 0.3) is 0 Å². The summed E-state index contributed by atoms with van der Waals surface area (Å²) in [4.78, 5) is 3.65. The molecule has 0 spiro atoms. The summed E-state index contributed by atoms with van der Waals surface area (Å²) in [5.74, 6) is 0.0714. The van der Waals surface area contributed by atoms with Crippen molar-refractivity contribution in [2.45, 2.75) is 4.90 Å². The maximum atomic E-state index is 12.2. The third-order valence-electron chi connectivity index (χ3n) is 2.34. The van der Waals surface area contributed by atoms with E-state index in [0.717, 1.165) is 0 Å². The number of hydrogen-bond acceptors (Lipinski definition) is 4. The number of nitrogens with one attached hydrogen (secondary N) is 1. The van der Waals surface area contributed by atoms with Gasteiger partial charge in [-0.3, -0.25) is 4.72 Å². The first kappa shape index (κ1) is 15.2. The van der Waals surface area contributed by atoms with E-state index in [9.17, 15) is 8.42 Å². The van der Waals surface area contributed by atoms with E-state index in [-0.39, 0.29) is 26.4 Å². The number of benzene rings is 1. The highest BCUT2D eigenvalue weighted by molar-refractivity contribution is 7.92. The summed E-state index contributed by atoms with van der Waals surface area (Å²) in [6, 6.07) is 5.50. The van der Waals surface area contributed by atoms with Gasteiger partial charge in [-0.15, -0.1) is 0 Å². The lowest BCUT2D eigenvalue weighted by Gasteiger charge is -2.11. The van der Waals surface area contributed by atoms with E-state index >= 15 is 0 Å². The van der Waals surface area contributed by atoms with E-state index in [2.05, 4.69) is 9.71 Å². The van der Waals surface area contributed by atoms with E-state index in [1.54, 1.807) is 0 Å². The lowest BCUT2D eigenvalue weighted by Crippen LogP contribution is -2.15. The maximum absolute atomic E-state index is 12.2. The second-order valence-electron chi connectivity index (χ2n) is 3.74. The first-order valence-electron chi connectivity index (χ1n) is 5.19. The van der Waals surface area contributed by atoms with Crippen molar-refractivity contribution < 1.29 is 8.42 Å². The van der Waals surface area contributed by atoms with Crippen molar-refractivity contribution in [1.82, 2.24) is 4.98 Å². The summed E-state index contributed by atoms with van der Waals surface area (Å²) < 4.78 is 26.7. The molecule has 0 aliphatic carbocycles. The molecule has 3 N–H and O–H groups in total. The first-order valence-corrected chi connectivity index (χ1v) is 7.81. The van der Waals surface area contributed by atoms with E-state index in [1.165, 1.54) is 30.5 Å². The number of hydrogen-bond donors (Lipinski definition) is 2. The van der Waals surface area contributed by atoms with E-state index in [4.69, 9.17) is 40.5 Å². The minimum absolute atomic E-state index is 0.00439. The lowest BCUT2D eigenvalue weighted by atomic mass is 10.3. The number of sulfonamides is 1. The van der Waals surface area contributed by atoms with Crippen molar-refractivity contribution in [3.05, 3.63) is 45.5 Å². The van der Waals surface area contributed by atoms with Gasteiger partial charge in [-0.2, -0.15) is 0 Å². The fourth-order valence-corrected chi connectivity index (χ4v) is 3.34. The van der Waals surface area contributed by atoms with Crippen molar-refractivity contribution in [3.8, 4) is 0 Å². The molecule has 0 radical (unpaired) electrons. The molecule has 0 unspecified atom stereocenters. The van der Waals surface area contributed by atoms with Crippen LogP contribution in [-0.4, -0.2) is 13.4 Å². The third kappa shape index (κ3) is 3.09. The molecule has 1 heterocycles. The Balaban J connectivity index is 2.44. The zero-order chi connectivity index (χ0) is 14.9. The molecule has 1 aromatic heterocycles. The van der Waals surface area contributed by atoms with Crippen LogP contribution in [0.3, 0.4) is 0 Å². The summed E-state index contributed by atoms with van der Waals surface area (Å²) in [7, 11) is -3.94. The predicted octanol–water partition coefficient (Wildman–Crippen LogP) is 3.42. The highest BCUT2D eigenvalue weighted by atomic mass is 35.5. The smallest absolute Gasteiger partial charge is 0.264 e. The monoisotopic (exact) mass is 351 g/mol. The van der Waals surface area contributed by atoms with Crippen molar-refractivity contribution in [2.24, 2.45) is 0 Å². The van der Waals surface area contributed by atoms with Gasteiger partial charge in [0.2, 0.25) is 0 Å². The van der Waals surface area contributed by atoms with Crippen molar-refractivity contribution in [3.63, 3.8) is 0 Å². The van der Waals surface area contributed by atoms with Gasteiger partial charge in [0.15, 0.2) is 0 Å². The molecule has 20 heavy (non-hydrogen) atoms. The number of nitrogen functional groups attached to an aromatic ring is 1. The Bertz CT molecular complexity index is 766. The summed E-state index contributed by atoms with van der Waals surface area (Å²) in [5.41, 5.74) is 5.60. The summed E-state index contributed by atoms with van der Waals surface area (Å²) in [6.45, 7) is 0. The number of anilines is 2. The molecule has 0 aliphatic heterocycles. The second kappa shape index (κ2) is 5.65. The van der Waals surface area contributed by atoms with Gasteiger partial charge in [0.1, 0.15) is 10.7 Å². The molecule has 0 aliphatic rings. The fraction of sp³-hybridized carbons (Fsp3) is 0. The average molecular weight is 353 g/mol. The molecule has 9 heteroatoms. The molecule has 0 bridgehead atoms. The first-order chi connectivity index (χ1) is 9.31. The van der Waals surface area contributed by atoms with Crippen LogP contribution < -0.4 is 10.5 Å². The Morgan fingerprint density at radius 1 is 1.15 bits per heavy atom. The Labute approximate surface area is 130 Å². The van der Waals surface area contributed by atoms with Gasteiger partial charge in [0.25, 0.3) is 10.0 Å². The molecule has 2 rings (SSSR count). The number of nitrogens with two attached hydrogens (primary N) is 1. The van der Waals surface area contributed by atoms with Gasteiger partial charge < -0.3 is 5.73 Å². The third-order valence-corrected chi connectivity index (χ3v) is 4.82. The molecule has 1 aromatic carbocycles. The quantitative estimate of drug-likeness (QED) is 0.829. The van der Waals surface area contributed by atoms with E-state index < -0.39 is 10.0 Å². The van der Waals surface area contributed by atoms with Gasteiger partial charge >= 0.3 is 0 Å². The molecule has 0 saturated carbocycles. The molecule has 5 nitrogen and oxygen atoms in total. The van der Waals surface area contributed by atoms with Gasteiger partial charge in [0.05, 0.1) is 15.7 Å². The highest BCUT2D eigenvalue weighted by Crippen LogP contribution is 2.33. The van der Waals surface area contributed by atoms with Crippen molar-refractivity contribution in [1.29, 1.82) is 0 Å². The lowest BCUT2D eigenvalue weighted by molar-refractivity contribution is 0.601. The van der Waals surface area contributed by atoms with Crippen LogP contribution in [0.2, 0.25) is 15.1 Å². The number of nitrogens with zero attached hydrogens (tertiary/aromatic N) is 1. The van der Waals surface area contributed by atoms with Crippen LogP contribution in [0, 0.1) is 0 Å². The molecule has 2 aromatic rings. The minimum atomic E-state index is -3.94. The summed E-state index contributed by atoms with van der Waals surface area (Å²) in [6.07, 6.45) is 1.37. The van der Waals surface area contributed by atoms with Crippen LogP contribution in [-0.2, 0) is 10.0 Å². The van der Waals surface area contributed by atoms with Crippen LogP contribution in [0.15, 0.2) is 35.4 Å². The number of rotatable bonds is 3. The predicted molar refractivity (Wildman–Crippen MR) is 80.9 cm³/mol. The maximum Gasteiger partial charge on any atom is 0.264 e. The normalized spacial score (nSPS) is 11.3. The van der Waals surface area contributed by atoms with Crippen LogP contribution in [0.1, 0.15) is 0 Å². The van der Waals surface area contributed by atoms with Gasteiger partial charge in [-0.25, -0.2) is 13.4 Å². The van der Waals surface area contributed by atoms with Gasteiger partial charge in [0, 0.05) is 17.3 Å². The highest BCUT2D eigenvalue weighted by Gasteiger charge is 2.21. The zero-order valence-electron chi connectivity index (χ0n) is 9.77. The molecule has 106 valence electrons. The van der Waals surface area contributed by atoms with Gasteiger partial charge in [-0.1, -0.05) is 34.8 Å². The SMILES string of the molecule is Nc1c(Cl)ccc(S(=O)(=O)Nc2cc(Cl)ccn2)c1Cl. The van der Waals surface area contributed by atoms with Crippen LogP contribution >= 0.6 is 34.8 Å². The molecule has 0 saturated heterocycles. The van der Waals surface area contributed by atoms with Gasteiger partial charge in [-0.05, 0) is 18.2 Å². The minimum Gasteiger partial charge on any atom is -0.396 e. The number of aromatic nitrogens is 1. The largest absolute Gasteiger partial charge is 0.396 e. The molecule has 0 fully saturated rings. The van der Waals surface area contributed by atoms with Crippen molar-refractivity contribution in [2.75, 3.05) is 10.5 Å². The summed E-state index contributed by atoms with van der Waals surface area (Å²) >= 11 is 17.4.